The maximum atomic E-state index is 12.0. The molecule has 0 amide bonds. The van der Waals surface area contributed by atoms with Crippen LogP contribution in [0, 0.1) is 20.9 Å². The third-order valence-electron chi connectivity index (χ3n) is 2.44. The van der Waals surface area contributed by atoms with Gasteiger partial charge in [-0.05, 0) is 12.8 Å². The van der Waals surface area contributed by atoms with E-state index in [-0.39, 0.29) is 17.8 Å². The molecular formula is C11H21NO4. The maximum absolute atomic E-state index is 12.0. The molecular weight excluding hydrogens is 210 g/mol. The van der Waals surface area contributed by atoms with Crippen molar-refractivity contribution in [1.82, 2.24) is 0 Å². The predicted octanol–water partition coefficient (Wildman–Crippen LogP) is 2.62. The lowest BCUT2D eigenvalue weighted by atomic mass is 9.72. The Morgan fingerprint density at radius 2 is 1.75 bits per heavy atom. The number of carbonyl (C=O) groups excluding carboxylic acids is 1. The monoisotopic (exact) mass is 231 g/mol. The van der Waals surface area contributed by atoms with Crippen LogP contribution in [0.5, 0.6) is 0 Å². The smallest absolute Gasteiger partial charge is 0.294 e. The summed E-state index contributed by atoms with van der Waals surface area (Å²) in [7, 11) is 0. The quantitative estimate of drug-likeness (QED) is 0.400. The molecule has 0 aliphatic rings. The van der Waals surface area contributed by atoms with Gasteiger partial charge in [0.25, 0.3) is 5.09 Å². The van der Waals surface area contributed by atoms with Crippen LogP contribution < -0.4 is 0 Å². The van der Waals surface area contributed by atoms with E-state index in [0.29, 0.717) is 12.8 Å². The Bertz CT molecular complexity index is 266. The van der Waals surface area contributed by atoms with Crippen molar-refractivity contribution in [3.05, 3.63) is 10.1 Å². The average molecular weight is 231 g/mol. The van der Waals surface area contributed by atoms with E-state index in [9.17, 15) is 14.9 Å². The lowest BCUT2D eigenvalue weighted by Gasteiger charge is -2.30. The molecule has 5 nitrogen and oxygen atoms in total. The summed E-state index contributed by atoms with van der Waals surface area (Å²) in [5.41, 5.74) is -0.842. The predicted molar refractivity (Wildman–Crippen MR) is 60.4 cm³/mol. The topological polar surface area (TPSA) is 69.4 Å². The summed E-state index contributed by atoms with van der Waals surface area (Å²) in [5.74, 6) is 0.168. The highest BCUT2D eigenvalue weighted by atomic mass is 16.9. The van der Waals surface area contributed by atoms with Crippen LogP contribution in [0.1, 0.15) is 47.5 Å². The first kappa shape index (κ1) is 14.9. The molecule has 0 atom stereocenters. The van der Waals surface area contributed by atoms with Crippen molar-refractivity contribution in [2.24, 2.45) is 10.8 Å². The molecule has 0 heterocycles. The molecule has 94 valence electrons. The van der Waals surface area contributed by atoms with Crippen LogP contribution in [0.4, 0.5) is 0 Å². The zero-order chi connectivity index (χ0) is 13.0. The van der Waals surface area contributed by atoms with E-state index in [0.717, 1.165) is 0 Å². The molecule has 0 radical (unpaired) electrons. The van der Waals surface area contributed by atoms with E-state index >= 15 is 0 Å². The first-order chi connectivity index (χ1) is 7.07. The SMILES string of the molecule is CC(C)(C)C(=O)C(C)(C)CCCO[N+](=O)[O-]. The standard InChI is InChI=1S/C11H21NO4/c1-10(2,3)9(13)11(4,5)7-6-8-16-12(14)15/h6-8H2,1-5H3. The number of ketones is 1. The number of hydrogen-bond acceptors (Lipinski definition) is 4. The van der Waals surface area contributed by atoms with Crippen LogP contribution in [-0.4, -0.2) is 17.5 Å². The molecule has 0 aromatic heterocycles. The Balaban J connectivity index is 4.15. The first-order valence-corrected chi connectivity index (χ1v) is 5.39. The first-order valence-electron chi connectivity index (χ1n) is 5.39. The second-order valence-corrected chi connectivity index (χ2v) is 5.62. The van der Waals surface area contributed by atoms with E-state index in [2.05, 4.69) is 4.84 Å². The van der Waals surface area contributed by atoms with Crippen molar-refractivity contribution in [1.29, 1.82) is 0 Å². The van der Waals surface area contributed by atoms with Crippen LogP contribution in [-0.2, 0) is 9.63 Å². The molecule has 0 rings (SSSR count). The van der Waals surface area contributed by atoms with Gasteiger partial charge in [-0.1, -0.05) is 34.6 Å². The third-order valence-corrected chi connectivity index (χ3v) is 2.44. The Morgan fingerprint density at radius 3 is 2.12 bits per heavy atom. The molecule has 0 N–H and O–H groups in total. The highest BCUT2D eigenvalue weighted by Gasteiger charge is 2.35. The van der Waals surface area contributed by atoms with Gasteiger partial charge in [0.05, 0.1) is 6.61 Å². The lowest BCUT2D eigenvalue weighted by molar-refractivity contribution is -0.757. The molecule has 0 saturated carbocycles. The van der Waals surface area contributed by atoms with Crippen LogP contribution in [0.15, 0.2) is 0 Å². The van der Waals surface area contributed by atoms with Crippen molar-refractivity contribution in [3.63, 3.8) is 0 Å². The van der Waals surface area contributed by atoms with Gasteiger partial charge in [-0.3, -0.25) is 4.79 Å². The number of carbonyl (C=O) groups is 1. The minimum Gasteiger partial charge on any atom is -0.314 e. The zero-order valence-electron chi connectivity index (χ0n) is 10.7. The minimum atomic E-state index is -0.807. The van der Waals surface area contributed by atoms with Gasteiger partial charge in [0.15, 0.2) is 0 Å². The molecule has 0 unspecified atom stereocenters. The molecule has 16 heavy (non-hydrogen) atoms. The van der Waals surface area contributed by atoms with E-state index in [1.54, 1.807) is 0 Å². The highest BCUT2D eigenvalue weighted by Crippen LogP contribution is 2.32. The Labute approximate surface area is 96.3 Å². The molecule has 0 spiro atoms. The lowest BCUT2D eigenvalue weighted by Crippen LogP contribution is -2.35. The maximum Gasteiger partial charge on any atom is 0.294 e. The Hall–Kier alpha value is -1.13. The summed E-state index contributed by atoms with van der Waals surface area (Å²) < 4.78 is 0. The van der Waals surface area contributed by atoms with Gasteiger partial charge in [0.1, 0.15) is 5.78 Å². The molecule has 0 saturated heterocycles. The molecule has 0 bridgehead atoms. The molecule has 0 aliphatic heterocycles. The van der Waals surface area contributed by atoms with Crippen LogP contribution in [0.2, 0.25) is 0 Å². The fourth-order valence-corrected chi connectivity index (χ4v) is 1.78. The van der Waals surface area contributed by atoms with E-state index in [4.69, 9.17) is 0 Å². The Kier molecular flexibility index (Phi) is 4.90. The summed E-state index contributed by atoms with van der Waals surface area (Å²) in [5, 5.41) is 9.13. The molecule has 0 aromatic rings. The highest BCUT2D eigenvalue weighted by molar-refractivity contribution is 5.88. The third kappa shape index (κ3) is 5.09. The second-order valence-electron chi connectivity index (χ2n) is 5.62. The van der Waals surface area contributed by atoms with Crippen molar-refractivity contribution < 1.29 is 14.7 Å². The van der Waals surface area contributed by atoms with Gasteiger partial charge in [-0.15, -0.1) is 10.1 Å². The normalized spacial score (nSPS) is 12.3. The zero-order valence-corrected chi connectivity index (χ0v) is 10.7. The summed E-state index contributed by atoms with van der Waals surface area (Å²) >= 11 is 0. The molecule has 0 aromatic carbocycles. The summed E-state index contributed by atoms with van der Waals surface area (Å²) in [6, 6.07) is 0. The fourth-order valence-electron chi connectivity index (χ4n) is 1.78. The summed E-state index contributed by atoms with van der Waals surface area (Å²) in [6.07, 6.45) is 1.10. The summed E-state index contributed by atoms with van der Waals surface area (Å²) in [6.45, 7) is 9.42. The second kappa shape index (κ2) is 5.27. The fraction of sp³-hybridized carbons (Fsp3) is 0.909. The van der Waals surface area contributed by atoms with Crippen molar-refractivity contribution in [2.75, 3.05) is 6.61 Å². The Morgan fingerprint density at radius 1 is 1.25 bits per heavy atom. The van der Waals surface area contributed by atoms with E-state index in [1.165, 1.54) is 0 Å². The van der Waals surface area contributed by atoms with E-state index < -0.39 is 10.5 Å². The minimum absolute atomic E-state index is 0.0495. The average Bonchev–Trinajstić information content (AvgIpc) is 2.09. The molecule has 0 fully saturated rings. The number of rotatable bonds is 6. The van der Waals surface area contributed by atoms with Gasteiger partial charge < -0.3 is 4.84 Å². The van der Waals surface area contributed by atoms with E-state index in [1.807, 2.05) is 34.6 Å². The number of Topliss-reactive ketones (excluding diaryl/α,β-unsaturated/α-hetero) is 1. The van der Waals surface area contributed by atoms with Crippen molar-refractivity contribution >= 4 is 5.78 Å². The number of nitrogens with zero attached hydrogens (tertiary/aromatic N) is 1. The molecule has 5 heteroatoms. The van der Waals surface area contributed by atoms with Gasteiger partial charge >= 0.3 is 0 Å². The van der Waals surface area contributed by atoms with Gasteiger partial charge in [0, 0.05) is 10.8 Å². The van der Waals surface area contributed by atoms with Crippen LogP contribution >= 0.6 is 0 Å². The van der Waals surface area contributed by atoms with Gasteiger partial charge in [-0.25, -0.2) is 0 Å². The van der Waals surface area contributed by atoms with Gasteiger partial charge in [-0.2, -0.15) is 0 Å². The van der Waals surface area contributed by atoms with Gasteiger partial charge in [0.2, 0.25) is 0 Å². The van der Waals surface area contributed by atoms with Crippen LogP contribution in [0.25, 0.3) is 0 Å². The molecule has 0 aliphatic carbocycles. The van der Waals surface area contributed by atoms with Crippen molar-refractivity contribution in [3.8, 4) is 0 Å². The number of hydrogen-bond donors (Lipinski definition) is 0. The van der Waals surface area contributed by atoms with Crippen molar-refractivity contribution in [2.45, 2.75) is 47.5 Å². The summed E-state index contributed by atoms with van der Waals surface area (Å²) in [4.78, 5) is 26.2. The van der Waals surface area contributed by atoms with Crippen LogP contribution in [0.3, 0.4) is 0 Å². The largest absolute Gasteiger partial charge is 0.314 e.